The van der Waals surface area contributed by atoms with E-state index < -0.39 is 0 Å². The Balaban J connectivity index is 0.00000338. The van der Waals surface area contributed by atoms with Crippen LogP contribution in [0.2, 0.25) is 0 Å². The standard InChI is InChI=1S/C21H35N3O.2ClH/c1-17(2)16-19-6-8-20(9-7-19)18(3)21(25)22-10-5-11-24-14-12-23(4)13-15-24;;/h6-9,17-18H,5,10-16H2,1-4H3,(H,22,25);2*1H/t18-;;/m1../s1. The van der Waals surface area contributed by atoms with Crippen molar-refractivity contribution in [2.75, 3.05) is 46.3 Å². The highest BCUT2D eigenvalue weighted by Gasteiger charge is 2.16. The lowest BCUT2D eigenvalue weighted by Gasteiger charge is -2.32. The maximum Gasteiger partial charge on any atom is 0.227 e. The topological polar surface area (TPSA) is 35.6 Å². The van der Waals surface area contributed by atoms with Gasteiger partial charge < -0.3 is 15.1 Å². The quantitative estimate of drug-likeness (QED) is 0.656. The van der Waals surface area contributed by atoms with E-state index in [1.54, 1.807) is 0 Å². The van der Waals surface area contributed by atoms with Gasteiger partial charge in [0.15, 0.2) is 0 Å². The number of amides is 1. The van der Waals surface area contributed by atoms with E-state index in [2.05, 4.69) is 60.3 Å². The van der Waals surface area contributed by atoms with Crippen molar-refractivity contribution < 1.29 is 4.79 Å². The lowest BCUT2D eigenvalue weighted by atomic mass is 9.96. The predicted molar refractivity (Wildman–Crippen MR) is 119 cm³/mol. The number of rotatable bonds is 8. The predicted octanol–water partition coefficient (Wildman–Crippen LogP) is 3.59. The van der Waals surface area contributed by atoms with Gasteiger partial charge in [-0.05, 0) is 50.4 Å². The molecule has 1 amide bonds. The van der Waals surface area contributed by atoms with E-state index in [4.69, 9.17) is 0 Å². The summed E-state index contributed by atoms with van der Waals surface area (Å²) >= 11 is 0. The van der Waals surface area contributed by atoms with Gasteiger partial charge in [-0.25, -0.2) is 0 Å². The van der Waals surface area contributed by atoms with Gasteiger partial charge in [-0.1, -0.05) is 38.1 Å². The Bertz CT molecular complexity index is 529. The fraction of sp³-hybridized carbons (Fsp3) is 0.667. The van der Waals surface area contributed by atoms with Crippen LogP contribution in [0.4, 0.5) is 0 Å². The van der Waals surface area contributed by atoms with Gasteiger partial charge in [0.2, 0.25) is 5.91 Å². The Hall–Kier alpha value is -0.810. The first-order valence-electron chi connectivity index (χ1n) is 9.73. The van der Waals surface area contributed by atoms with E-state index in [1.807, 2.05) is 6.92 Å². The Morgan fingerprint density at radius 1 is 1.04 bits per heavy atom. The number of nitrogens with zero attached hydrogens (tertiary/aromatic N) is 2. The molecule has 4 nitrogen and oxygen atoms in total. The van der Waals surface area contributed by atoms with Crippen molar-refractivity contribution >= 4 is 30.7 Å². The fourth-order valence-corrected chi connectivity index (χ4v) is 3.30. The molecule has 2 rings (SSSR count). The van der Waals surface area contributed by atoms with Crippen LogP contribution in [0.3, 0.4) is 0 Å². The van der Waals surface area contributed by atoms with Crippen LogP contribution < -0.4 is 5.32 Å². The number of carbonyl (C=O) groups excluding carboxylic acids is 1. The van der Waals surface area contributed by atoms with E-state index in [0.717, 1.165) is 57.7 Å². The number of piperazine rings is 1. The summed E-state index contributed by atoms with van der Waals surface area (Å²) in [5.74, 6) is 0.707. The molecule has 1 aromatic carbocycles. The highest BCUT2D eigenvalue weighted by Crippen LogP contribution is 2.17. The van der Waals surface area contributed by atoms with Crippen LogP contribution >= 0.6 is 24.8 Å². The smallest absolute Gasteiger partial charge is 0.227 e. The minimum atomic E-state index is -0.0864. The third-order valence-corrected chi connectivity index (χ3v) is 5.06. The van der Waals surface area contributed by atoms with Crippen LogP contribution in [0.1, 0.15) is 44.2 Å². The minimum Gasteiger partial charge on any atom is -0.356 e. The van der Waals surface area contributed by atoms with Gasteiger partial charge in [0.25, 0.3) is 0 Å². The number of hydrogen-bond acceptors (Lipinski definition) is 3. The summed E-state index contributed by atoms with van der Waals surface area (Å²) in [6.07, 6.45) is 2.11. The van der Waals surface area contributed by atoms with Crippen molar-refractivity contribution in [3.05, 3.63) is 35.4 Å². The zero-order valence-electron chi connectivity index (χ0n) is 17.2. The second-order valence-corrected chi connectivity index (χ2v) is 7.85. The SMILES string of the molecule is CC(C)Cc1ccc([C@@H](C)C(=O)NCCCN2CCN(C)CC2)cc1.Cl.Cl. The van der Waals surface area contributed by atoms with E-state index >= 15 is 0 Å². The van der Waals surface area contributed by atoms with Gasteiger partial charge in [0.1, 0.15) is 0 Å². The van der Waals surface area contributed by atoms with E-state index in [9.17, 15) is 4.79 Å². The molecule has 6 heteroatoms. The first-order valence-corrected chi connectivity index (χ1v) is 9.73. The number of benzene rings is 1. The largest absolute Gasteiger partial charge is 0.356 e. The molecule has 1 fully saturated rings. The molecule has 1 aromatic rings. The summed E-state index contributed by atoms with van der Waals surface area (Å²) < 4.78 is 0. The average Bonchev–Trinajstić information content (AvgIpc) is 2.59. The van der Waals surface area contributed by atoms with E-state index in [1.165, 1.54) is 5.56 Å². The third-order valence-electron chi connectivity index (χ3n) is 5.06. The Morgan fingerprint density at radius 2 is 1.63 bits per heavy atom. The highest BCUT2D eigenvalue weighted by atomic mass is 35.5. The van der Waals surface area contributed by atoms with Crippen molar-refractivity contribution in [2.24, 2.45) is 5.92 Å². The number of halogens is 2. The maximum absolute atomic E-state index is 12.4. The molecule has 0 unspecified atom stereocenters. The van der Waals surface area contributed by atoms with Gasteiger partial charge in [-0.2, -0.15) is 0 Å². The maximum atomic E-state index is 12.4. The first-order chi connectivity index (χ1) is 12.0. The summed E-state index contributed by atoms with van der Waals surface area (Å²) in [5, 5.41) is 3.10. The zero-order valence-corrected chi connectivity index (χ0v) is 18.9. The number of hydrogen-bond donors (Lipinski definition) is 1. The molecule has 0 bridgehead atoms. The van der Waals surface area contributed by atoms with Gasteiger partial charge in [-0.3, -0.25) is 4.79 Å². The molecule has 1 saturated heterocycles. The fourth-order valence-electron chi connectivity index (χ4n) is 3.30. The monoisotopic (exact) mass is 417 g/mol. The normalized spacial score (nSPS) is 16.3. The number of likely N-dealkylation sites (N-methyl/N-ethyl adjacent to an activating group) is 1. The molecule has 0 saturated carbocycles. The molecular formula is C21H37Cl2N3O. The molecule has 1 N–H and O–H groups in total. The van der Waals surface area contributed by atoms with Crippen molar-refractivity contribution in [3.8, 4) is 0 Å². The van der Waals surface area contributed by atoms with Crippen LogP contribution in [0.15, 0.2) is 24.3 Å². The van der Waals surface area contributed by atoms with Crippen LogP contribution in [0.25, 0.3) is 0 Å². The molecule has 27 heavy (non-hydrogen) atoms. The third kappa shape index (κ3) is 9.29. The lowest BCUT2D eigenvalue weighted by molar-refractivity contribution is -0.122. The molecule has 0 spiro atoms. The second-order valence-electron chi connectivity index (χ2n) is 7.85. The van der Waals surface area contributed by atoms with Crippen molar-refractivity contribution in [2.45, 2.75) is 39.5 Å². The van der Waals surface area contributed by atoms with Crippen molar-refractivity contribution in [3.63, 3.8) is 0 Å². The van der Waals surface area contributed by atoms with Crippen molar-refractivity contribution in [1.29, 1.82) is 0 Å². The molecule has 156 valence electrons. The van der Waals surface area contributed by atoms with Crippen LogP contribution in [0, 0.1) is 5.92 Å². The van der Waals surface area contributed by atoms with Crippen LogP contribution in [-0.2, 0) is 11.2 Å². The van der Waals surface area contributed by atoms with Gasteiger partial charge in [-0.15, -0.1) is 24.8 Å². The average molecular weight is 418 g/mol. The Labute approximate surface area is 177 Å². The zero-order chi connectivity index (χ0) is 18.2. The molecule has 0 aliphatic carbocycles. The number of nitrogens with one attached hydrogen (secondary N) is 1. The molecule has 1 aliphatic rings. The second kappa shape index (κ2) is 13.4. The summed E-state index contributed by atoms with van der Waals surface area (Å²) in [6, 6.07) is 8.53. The molecule has 1 aliphatic heterocycles. The van der Waals surface area contributed by atoms with E-state index in [0.29, 0.717) is 5.92 Å². The van der Waals surface area contributed by atoms with E-state index in [-0.39, 0.29) is 36.6 Å². The Morgan fingerprint density at radius 3 is 2.19 bits per heavy atom. The summed E-state index contributed by atoms with van der Waals surface area (Å²) in [7, 11) is 2.17. The number of carbonyl (C=O) groups is 1. The molecule has 0 aromatic heterocycles. The van der Waals surface area contributed by atoms with Gasteiger partial charge in [0.05, 0.1) is 5.92 Å². The molecular weight excluding hydrogens is 381 g/mol. The molecule has 1 atom stereocenters. The first kappa shape index (κ1) is 26.2. The minimum absolute atomic E-state index is 0. The van der Waals surface area contributed by atoms with Gasteiger partial charge in [0, 0.05) is 32.7 Å². The lowest BCUT2D eigenvalue weighted by Crippen LogP contribution is -2.45. The van der Waals surface area contributed by atoms with Gasteiger partial charge >= 0.3 is 0 Å². The summed E-state index contributed by atoms with van der Waals surface area (Å²) in [6.45, 7) is 12.9. The van der Waals surface area contributed by atoms with Crippen molar-refractivity contribution in [1.82, 2.24) is 15.1 Å². The highest BCUT2D eigenvalue weighted by molar-refractivity contribution is 5.85. The van der Waals surface area contributed by atoms with Crippen LogP contribution in [-0.4, -0.2) is 62.0 Å². The van der Waals surface area contributed by atoms with Crippen LogP contribution in [0.5, 0.6) is 0 Å². The molecule has 1 heterocycles. The Kier molecular flexibility index (Phi) is 13.0. The summed E-state index contributed by atoms with van der Waals surface area (Å²) in [5.41, 5.74) is 2.45. The molecule has 0 radical (unpaired) electrons. The summed E-state index contributed by atoms with van der Waals surface area (Å²) in [4.78, 5) is 17.2.